The van der Waals surface area contributed by atoms with Crippen LogP contribution in [0.25, 0.3) is 11.4 Å². The highest BCUT2D eigenvalue weighted by atomic mass is 32.2. The van der Waals surface area contributed by atoms with E-state index >= 15 is 0 Å². The van der Waals surface area contributed by atoms with Gasteiger partial charge in [0.05, 0.1) is 10.8 Å². The molecule has 8 heteroatoms. The SMILES string of the molecule is CC(C)Cn1c(S[C@@H](C)c2nc(C(C)C)no2)nnc1-c1ccccc1F. The van der Waals surface area contributed by atoms with E-state index in [4.69, 9.17) is 4.52 Å². The Kier molecular flexibility index (Phi) is 5.94. The summed E-state index contributed by atoms with van der Waals surface area (Å²) in [6.45, 7) is 10.9. The molecular formula is C19H24FN5OS. The van der Waals surface area contributed by atoms with Gasteiger partial charge in [0.15, 0.2) is 16.8 Å². The van der Waals surface area contributed by atoms with Gasteiger partial charge in [-0.25, -0.2) is 4.39 Å². The molecule has 0 aliphatic heterocycles. The fourth-order valence-corrected chi connectivity index (χ4v) is 3.49. The fourth-order valence-electron chi connectivity index (χ4n) is 2.60. The van der Waals surface area contributed by atoms with Crippen LogP contribution in [0.1, 0.15) is 57.5 Å². The highest BCUT2D eigenvalue weighted by Crippen LogP contribution is 2.35. The minimum absolute atomic E-state index is 0.0893. The number of thioether (sulfide) groups is 1. The Hall–Kier alpha value is -2.22. The third-order valence-corrected chi connectivity index (χ3v) is 5.05. The third kappa shape index (κ3) is 4.37. The van der Waals surface area contributed by atoms with Crippen LogP contribution in [-0.2, 0) is 6.54 Å². The van der Waals surface area contributed by atoms with Crippen LogP contribution in [0.2, 0.25) is 0 Å². The summed E-state index contributed by atoms with van der Waals surface area (Å²) < 4.78 is 21.6. The zero-order valence-corrected chi connectivity index (χ0v) is 17.0. The van der Waals surface area contributed by atoms with Gasteiger partial charge in [-0.05, 0) is 25.0 Å². The van der Waals surface area contributed by atoms with Crippen LogP contribution in [0.4, 0.5) is 4.39 Å². The summed E-state index contributed by atoms with van der Waals surface area (Å²) >= 11 is 1.48. The van der Waals surface area contributed by atoms with E-state index in [-0.39, 0.29) is 17.0 Å². The Balaban J connectivity index is 1.91. The minimum Gasteiger partial charge on any atom is -0.338 e. The number of nitrogens with zero attached hydrogens (tertiary/aromatic N) is 5. The predicted molar refractivity (Wildman–Crippen MR) is 103 cm³/mol. The number of rotatable bonds is 7. The number of aromatic nitrogens is 5. The molecule has 2 heterocycles. The lowest BCUT2D eigenvalue weighted by Gasteiger charge is -2.14. The first-order valence-electron chi connectivity index (χ1n) is 9.05. The van der Waals surface area contributed by atoms with E-state index in [1.807, 2.05) is 25.3 Å². The minimum atomic E-state index is -0.307. The molecule has 0 bridgehead atoms. The van der Waals surface area contributed by atoms with Gasteiger partial charge in [0.2, 0.25) is 5.89 Å². The molecule has 3 rings (SSSR count). The van der Waals surface area contributed by atoms with E-state index in [0.29, 0.717) is 40.7 Å². The first-order chi connectivity index (χ1) is 12.9. The fraction of sp³-hybridized carbons (Fsp3) is 0.474. The van der Waals surface area contributed by atoms with Crippen molar-refractivity contribution >= 4 is 11.8 Å². The molecule has 2 aromatic heterocycles. The maximum atomic E-state index is 14.3. The van der Waals surface area contributed by atoms with Crippen LogP contribution < -0.4 is 0 Å². The Morgan fingerprint density at radius 1 is 1.11 bits per heavy atom. The topological polar surface area (TPSA) is 69.6 Å². The third-order valence-electron chi connectivity index (χ3n) is 3.98. The number of hydrogen-bond donors (Lipinski definition) is 0. The molecular weight excluding hydrogens is 365 g/mol. The molecule has 0 N–H and O–H groups in total. The van der Waals surface area contributed by atoms with Crippen LogP contribution in [0.3, 0.4) is 0 Å². The van der Waals surface area contributed by atoms with Crippen LogP contribution in [0, 0.1) is 11.7 Å². The van der Waals surface area contributed by atoms with Crippen molar-refractivity contribution in [3.8, 4) is 11.4 Å². The van der Waals surface area contributed by atoms with Crippen molar-refractivity contribution in [2.45, 2.75) is 57.5 Å². The summed E-state index contributed by atoms with van der Waals surface area (Å²) in [7, 11) is 0. The van der Waals surface area contributed by atoms with Crippen molar-refractivity contribution in [1.29, 1.82) is 0 Å². The van der Waals surface area contributed by atoms with Crippen LogP contribution in [0.5, 0.6) is 0 Å². The molecule has 0 saturated carbocycles. The van der Waals surface area contributed by atoms with Crippen LogP contribution in [-0.4, -0.2) is 24.9 Å². The van der Waals surface area contributed by atoms with E-state index in [0.717, 1.165) is 0 Å². The summed E-state index contributed by atoms with van der Waals surface area (Å²) in [6.07, 6.45) is 0. The molecule has 0 aliphatic rings. The van der Waals surface area contributed by atoms with Gasteiger partial charge in [-0.1, -0.05) is 56.7 Å². The smallest absolute Gasteiger partial charge is 0.239 e. The van der Waals surface area contributed by atoms with Gasteiger partial charge in [-0.15, -0.1) is 10.2 Å². The van der Waals surface area contributed by atoms with Gasteiger partial charge in [-0.2, -0.15) is 4.98 Å². The molecule has 0 aliphatic carbocycles. The molecule has 0 unspecified atom stereocenters. The summed E-state index contributed by atoms with van der Waals surface area (Å²) in [6, 6.07) is 6.63. The second-order valence-electron chi connectivity index (χ2n) is 7.20. The molecule has 0 radical (unpaired) electrons. The quantitative estimate of drug-likeness (QED) is 0.524. The average molecular weight is 390 g/mol. The molecule has 0 spiro atoms. The zero-order valence-electron chi connectivity index (χ0n) is 16.2. The molecule has 0 saturated heterocycles. The van der Waals surface area contributed by atoms with Crippen molar-refractivity contribution in [2.75, 3.05) is 0 Å². The Morgan fingerprint density at radius 3 is 2.48 bits per heavy atom. The van der Waals surface area contributed by atoms with Gasteiger partial charge < -0.3 is 9.09 Å². The van der Waals surface area contributed by atoms with Gasteiger partial charge >= 0.3 is 0 Å². The summed E-state index contributed by atoms with van der Waals surface area (Å²) in [5, 5.41) is 13.2. The van der Waals surface area contributed by atoms with Gasteiger partial charge in [0, 0.05) is 12.5 Å². The number of benzene rings is 1. The Morgan fingerprint density at radius 2 is 1.85 bits per heavy atom. The first-order valence-corrected chi connectivity index (χ1v) is 9.93. The zero-order chi connectivity index (χ0) is 19.6. The van der Waals surface area contributed by atoms with Gasteiger partial charge in [0.25, 0.3) is 0 Å². The second-order valence-corrected chi connectivity index (χ2v) is 8.50. The lowest BCUT2D eigenvalue weighted by Crippen LogP contribution is -2.09. The highest BCUT2D eigenvalue weighted by Gasteiger charge is 2.23. The maximum Gasteiger partial charge on any atom is 0.239 e. The molecule has 27 heavy (non-hydrogen) atoms. The van der Waals surface area contributed by atoms with E-state index in [1.54, 1.807) is 18.2 Å². The van der Waals surface area contributed by atoms with Crippen molar-refractivity contribution in [3.63, 3.8) is 0 Å². The molecule has 0 fully saturated rings. The largest absolute Gasteiger partial charge is 0.338 e. The molecule has 6 nitrogen and oxygen atoms in total. The highest BCUT2D eigenvalue weighted by molar-refractivity contribution is 7.99. The molecule has 1 aromatic carbocycles. The Labute approximate surface area is 162 Å². The first kappa shape index (κ1) is 19.5. The van der Waals surface area contributed by atoms with E-state index < -0.39 is 0 Å². The van der Waals surface area contributed by atoms with Crippen LogP contribution >= 0.6 is 11.8 Å². The normalized spacial score (nSPS) is 12.9. The van der Waals surface area contributed by atoms with Gasteiger partial charge in [-0.3, -0.25) is 0 Å². The monoisotopic (exact) mass is 389 g/mol. The van der Waals surface area contributed by atoms with Crippen molar-refractivity contribution in [3.05, 3.63) is 41.8 Å². The second kappa shape index (κ2) is 8.21. The predicted octanol–water partition coefficient (Wildman–Crippen LogP) is 5.10. The number of halogens is 1. The molecule has 144 valence electrons. The molecule has 1 atom stereocenters. The van der Waals surface area contributed by atoms with Crippen molar-refractivity contribution in [1.82, 2.24) is 24.9 Å². The summed E-state index contributed by atoms with van der Waals surface area (Å²) in [5.41, 5.74) is 0.449. The van der Waals surface area contributed by atoms with E-state index in [9.17, 15) is 4.39 Å². The van der Waals surface area contributed by atoms with Crippen molar-refractivity contribution < 1.29 is 8.91 Å². The maximum absolute atomic E-state index is 14.3. The van der Waals surface area contributed by atoms with Gasteiger partial charge in [0.1, 0.15) is 5.82 Å². The number of hydrogen-bond acceptors (Lipinski definition) is 6. The lowest BCUT2D eigenvalue weighted by atomic mass is 10.2. The molecule has 3 aromatic rings. The van der Waals surface area contributed by atoms with E-state index in [1.165, 1.54) is 17.8 Å². The Bertz CT molecular complexity index is 905. The van der Waals surface area contributed by atoms with Crippen LogP contribution in [0.15, 0.2) is 33.9 Å². The summed E-state index contributed by atoms with van der Waals surface area (Å²) in [5.74, 6) is 2.03. The lowest BCUT2D eigenvalue weighted by molar-refractivity contribution is 0.372. The standard InChI is InChI=1S/C19H24FN5OS/c1-11(2)10-25-17(14-8-6-7-9-15(14)20)22-23-19(25)27-13(5)18-21-16(12(3)4)24-26-18/h6-9,11-13H,10H2,1-5H3/t13-/m0/s1. The van der Waals surface area contributed by atoms with E-state index in [2.05, 4.69) is 34.2 Å². The summed E-state index contributed by atoms with van der Waals surface area (Å²) in [4.78, 5) is 4.46. The van der Waals surface area contributed by atoms with Crippen molar-refractivity contribution in [2.24, 2.45) is 5.92 Å². The average Bonchev–Trinajstić information content (AvgIpc) is 3.24. The molecule has 0 amide bonds.